The van der Waals surface area contributed by atoms with Gasteiger partial charge in [-0.15, -0.1) is 0 Å². The lowest BCUT2D eigenvalue weighted by atomic mass is 9.99. The van der Waals surface area contributed by atoms with Crippen LogP contribution < -0.4 is 26.0 Å². The first-order chi connectivity index (χ1) is 21.1. The summed E-state index contributed by atoms with van der Waals surface area (Å²) in [4.78, 5) is 75.7. The number of rotatable bonds is 13. The van der Waals surface area contributed by atoms with E-state index in [2.05, 4.69) is 21.3 Å². The van der Waals surface area contributed by atoms with Crippen molar-refractivity contribution < 1.29 is 47.7 Å². The number of benzene rings is 1. The maximum absolute atomic E-state index is 13.5. The van der Waals surface area contributed by atoms with Crippen LogP contribution in [-0.2, 0) is 39.8 Å². The summed E-state index contributed by atoms with van der Waals surface area (Å²) in [6.45, 7) is 16.7. The van der Waals surface area contributed by atoms with Gasteiger partial charge in [-0.05, 0) is 71.1 Å². The van der Waals surface area contributed by atoms with E-state index in [1.165, 1.54) is 19.2 Å². The summed E-state index contributed by atoms with van der Waals surface area (Å²) >= 11 is 0. The summed E-state index contributed by atoms with van der Waals surface area (Å²) in [5.74, 6) is -3.17. The summed E-state index contributed by atoms with van der Waals surface area (Å²) < 4.78 is 20.5. The van der Waals surface area contributed by atoms with E-state index in [1.807, 2.05) is 0 Å². The number of hydrogen-bond acceptors (Lipinski definition) is 10. The summed E-state index contributed by atoms with van der Waals surface area (Å²) in [5, 5.41) is 10.2. The Bertz CT molecular complexity index is 1220. The molecular weight excluding hydrogens is 600 g/mol. The third-order valence-corrected chi connectivity index (χ3v) is 6.04. The molecule has 0 unspecified atom stereocenters. The molecule has 14 heteroatoms. The third kappa shape index (κ3) is 15.1. The molecule has 1 aromatic carbocycles. The minimum Gasteiger partial charge on any atom is -0.467 e. The fourth-order valence-electron chi connectivity index (χ4n) is 3.87. The molecule has 0 aliphatic rings. The number of nitrogens with one attached hydrogen (secondary N) is 4. The van der Waals surface area contributed by atoms with Crippen molar-refractivity contribution in [2.24, 2.45) is 11.8 Å². The lowest BCUT2D eigenvalue weighted by molar-refractivity contribution is -0.146. The average Bonchev–Trinajstić information content (AvgIpc) is 2.91. The van der Waals surface area contributed by atoms with E-state index in [4.69, 9.17) is 18.9 Å². The molecule has 3 atom stereocenters. The first-order valence-electron chi connectivity index (χ1n) is 15.1. The van der Waals surface area contributed by atoms with Crippen LogP contribution in [0.25, 0.3) is 0 Å². The molecule has 0 bridgehead atoms. The molecule has 46 heavy (non-hydrogen) atoms. The first kappa shape index (κ1) is 39.7. The van der Waals surface area contributed by atoms with Crippen LogP contribution in [0.2, 0.25) is 0 Å². The third-order valence-electron chi connectivity index (χ3n) is 6.04. The maximum atomic E-state index is 13.5. The quantitative estimate of drug-likeness (QED) is 0.140. The van der Waals surface area contributed by atoms with Gasteiger partial charge in [0.05, 0.1) is 7.11 Å². The molecule has 1 rings (SSSR count). The Morgan fingerprint density at radius 2 is 1.22 bits per heavy atom. The standard InChI is InChI=1S/C32H50N4O10/c1-18(2)24(36-30(42)46-32(8,9)10)27(39)34-22(26(38)35-25(19(3)4)28(40)43-11)16-20-12-14-21(15-13-20)44-23(37)17-33-29(41)45-31(5,6)7/h12-15,18-19,22,24-25H,16-17H2,1-11H3,(H,33,41)(H,34,39)(H,35,38)(H,36,42)/t22-,24-,25-/m0/s1. The molecule has 0 saturated carbocycles. The van der Waals surface area contributed by atoms with Gasteiger partial charge in [0, 0.05) is 6.42 Å². The minimum absolute atomic E-state index is 0.0186. The zero-order valence-electron chi connectivity index (χ0n) is 28.7. The van der Waals surface area contributed by atoms with E-state index in [-0.39, 0.29) is 24.0 Å². The largest absolute Gasteiger partial charge is 0.467 e. The highest BCUT2D eigenvalue weighted by molar-refractivity contribution is 5.93. The molecular formula is C32H50N4O10. The number of methoxy groups -OCH3 is 1. The highest BCUT2D eigenvalue weighted by Crippen LogP contribution is 2.16. The number of alkyl carbamates (subject to hydrolysis) is 2. The van der Waals surface area contributed by atoms with Gasteiger partial charge in [0.1, 0.15) is 41.6 Å². The molecule has 258 valence electrons. The van der Waals surface area contributed by atoms with Gasteiger partial charge < -0.3 is 40.2 Å². The smallest absolute Gasteiger partial charge is 0.408 e. The summed E-state index contributed by atoms with van der Waals surface area (Å²) in [6, 6.07) is 2.97. The summed E-state index contributed by atoms with van der Waals surface area (Å²) in [5.41, 5.74) is -0.941. The Morgan fingerprint density at radius 3 is 1.70 bits per heavy atom. The van der Waals surface area contributed by atoms with Crippen molar-refractivity contribution in [1.82, 2.24) is 21.3 Å². The highest BCUT2D eigenvalue weighted by atomic mass is 16.6. The maximum Gasteiger partial charge on any atom is 0.408 e. The van der Waals surface area contributed by atoms with E-state index >= 15 is 0 Å². The highest BCUT2D eigenvalue weighted by Gasteiger charge is 2.33. The second-order valence-corrected chi connectivity index (χ2v) is 13.4. The van der Waals surface area contributed by atoms with E-state index < -0.39 is 71.8 Å². The normalized spacial score (nSPS) is 13.5. The molecule has 0 fully saturated rings. The van der Waals surface area contributed by atoms with Gasteiger partial charge in [0.2, 0.25) is 11.8 Å². The van der Waals surface area contributed by atoms with Crippen molar-refractivity contribution in [1.29, 1.82) is 0 Å². The number of carbonyl (C=O) groups excluding carboxylic acids is 6. The molecule has 0 spiro atoms. The van der Waals surface area contributed by atoms with Crippen molar-refractivity contribution in [2.45, 2.75) is 105 Å². The number of esters is 2. The van der Waals surface area contributed by atoms with Crippen LogP contribution in [-0.4, -0.2) is 78.9 Å². The number of hydrogen-bond donors (Lipinski definition) is 4. The van der Waals surface area contributed by atoms with Crippen LogP contribution in [0.4, 0.5) is 9.59 Å². The molecule has 4 amide bonds. The van der Waals surface area contributed by atoms with Crippen molar-refractivity contribution in [2.75, 3.05) is 13.7 Å². The molecule has 14 nitrogen and oxygen atoms in total. The number of carbonyl (C=O) groups is 6. The van der Waals surface area contributed by atoms with Crippen molar-refractivity contribution in [3.05, 3.63) is 29.8 Å². The molecule has 4 N–H and O–H groups in total. The van der Waals surface area contributed by atoms with Gasteiger partial charge in [0.25, 0.3) is 0 Å². The van der Waals surface area contributed by atoms with Crippen LogP contribution >= 0.6 is 0 Å². The molecule has 0 radical (unpaired) electrons. The van der Waals surface area contributed by atoms with Gasteiger partial charge in [-0.3, -0.25) is 9.59 Å². The topological polar surface area (TPSA) is 187 Å². The van der Waals surface area contributed by atoms with Crippen LogP contribution in [0.15, 0.2) is 24.3 Å². The number of ether oxygens (including phenoxy) is 4. The van der Waals surface area contributed by atoms with Crippen LogP contribution in [0.5, 0.6) is 5.75 Å². The predicted octanol–water partition coefficient (Wildman–Crippen LogP) is 3.01. The van der Waals surface area contributed by atoms with Gasteiger partial charge in [-0.2, -0.15) is 0 Å². The van der Waals surface area contributed by atoms with Gasteiger partial charge in [-0.1, -0.05) is 39.8 Å². The molecule has 0 saturated heterocycles. The Balaban J connectivity index is 3.13. The summed E-state index contributed by atoms with van der Waals surface area (Å²) in [6.07, 6.45) is -1.58. The minimum atomic E-state index is -1.17. The first-order valence-corrected chi connectivity index (χ1v) is 15.1. The second kappa shape index (κ2) is 17.4. The van der Waals surface area contributed by atoms with Crippen molar-refractivity contribution in [3.8, 4) is 5.75 Å². The fourth-order valence-corrected chi connectivity index (χ4v) is 3.87. The van der Waals surface area contributed by atoms with Gasteiger partial charge >= 0.3 is 24.1 Å². The number of amides is 4. The lowest BCUT2D eigenvalue weighted by Crippen LogP contribution is -2.58. The van der Waals surface area contributed by atoms with E-state index in [1.54, 1.807) is 81.4 Å². The van der Waals surface area contributed by atoms with E-state index in [9.17, 15) is 28.8 Å². The average molecular weight is 651 g/mol. The van der Waals surface area contributed by atoms with Crippen LogP contribution in [0.3, 0.4) is 0 Å². The summed E-state index contributed by atoms with van der Waals surface area (Å²) in [7, 11) is 1.21. The lowest BCUT2D eigenvalue weighted by Gasteiger charge is -2.28. The zero-order valence-corrected chi connectivity index (χ0v) is 28.7. The van der Waals surface area contributed by atoms with Crippen LogP contribution in [0.1, 0.15) is 74.8 Å². The van der Waals surface area contributed by atoms with Gasteiger partial charge in [0.15, 0.2) is 0 Å². The van der Waals surface area contributed by atoms with E-state index in [0.29, 0.717) is 5.56 Å². The van der Waals surface area contributed by atoms with Crippen molar-refractivity contribution in [3.63, 3.8) is 0 Å². The Kier molecular flexibility index (Phi) is 15.0. The Morgan fingerprint density at radius 1 is 0.696 bits per heavy atom. The SMILES string of the molecule is COC(=O)[C@@H](NC(=O)[C@H](Cc1ccc(OC(=O)CNC(=O)OC(C)(C)C)cc1)NC(=O)[C@@H](NC(=O)OC(C)(C)C)C(C)C)C(C)C. The van der Waals surface area contributed by atoms with Crippen molar-refractivity contribution >= 4 is 35.9 Å². The van der Waals surface area contributed by atoms with E-state index in [0.717, 1.165) is 0 Å². The van der Waals surface area contributed by atoms with Gasteiger partial charge in [-0.25, -0.2) is 19.2 Å². The van der Waals surface area contributed by atoms with Crippen LogP contribution in [0, 0.1) is 11.8 Å². The second-order valence-electron chi connectivity index (χ2n) is 13.4. The molecule has 0 aliphatic carbocycles. The fraction of sp³-hybridized carbons (Fsp3) is 0.625. The molecule has 0 heterocycles. The molecule has 1 aromatic rings. The predicted molar refractivity (Wildman–Crippen MR) is 169 cm³/mol. The zero-order chi connectivity index (χ0) is 35.4. The molecule has 0 aliphatic heterocycles. The monoisotopic (exact) mass is 650 g/mol. The molecule has 0 aromatic heterocycles. The Hall–Kier alpha value is -4.36. The Labute approximate surface area is 271 Å².